The molecular weight excluding hydrogens is 430 g/mol. The molecule has 0 saturated carbocycles. The summed E-state index contributed by atoms with van der Waals surface area (Å²) < 4.78 is 28.1. The molecule has 2 aliphatic rings. The van der Waals surface area contributed by atoms with Gasteiger partial charge in [-0.3, -0.25) is 24.4 Å². The van der Waals surface area contributed by atoms with Gasteiger partial charge < -0.3 is 4.90 Å². The first-order valence-electron chi connectivity index (χ1n) is 10.5. The Labute approximate surface area is 188 Å². The fraction of sp³-hybridized carbons (Fsp3) is 0.250. The van der Waals surface area contributed by atoms with Gasteiger partial charge in [-0.2, -0.15) is 5.10 Å². The fourth-order valence-electron chi connectivity index (χ4n) is 4.55. The van der Waals surface area contributed by atoms with Crippen molar-refractivity contribution < 1.29 is 23.2 Å². The van der Waals surface area contributed by atoms with Gasteiger partial charge in [-0.1, -0.05) is 24.3 Å². The number of rotatable bonds is 4. The molecule has 3 amide bonds. The van der Waals surface area contributed by atoms with Crippen LogP contribution in [0.4, 0.5) is 8.78 Å². The standard InChI is InChI=1S/C24H20F2N4O3/c1-29-21(14-3-2-4-15(10-14)22(25)26)18(11-27-29)13-5-6-17-16(9-13)12-30(24(17)33)19-7-8-20(31)28-23(19)32/h2-6,9-11,19,22H,7-8,12H2,1H3,(H,28,31,32). The lowest BCUT2D eigenvalue weighted by Gasteiger charge is -2.29. The first-order valence-corrected chi connectivity index (χ1v) is 10.5. The van der Waals surface area contributed by atoms with E-state index in [4.69, 9.17) is 0 Å². The summed E-state index contributed by atoms with van der Waals surface area (Å²) >= 11 is 0. The zero-order valence-corrected chi connectivity index (χ0v) is 17.7. The minimum atomic E-state index is -2.58. The van der Waals surface area contributed by atoms with E-state index in [0.717, 1.165) is 16.7 Å². The number of nitrogens with zero attached hydrogens (tertiary/aromatic N) is 3. The Morgan fingerprint density at radius 3 is 2.64 bits per heavy atom. The Kier molecular flexibility index (Phi) is 5.03. The van der Waals surface area contributed by atoms with Gasteiger partial charge in [0.05, 0.1) is 11.9 Å². The van der Waals surface area contributed by atoms with Gasteiger partial charge in [0.2, 0.25) is 11.8 Å². The van der Waals surface area contributed by atoms with Crippen LogP contribution in [0.2, 0.25) is 0 Å². The van der Waals surface area contributed by atoms with E-state index in [1.165, 1.54) is 17.0 Å². The number of imide groups is 1. The largest absolute Gasteiger partial charge is 0.322 e. The van der Waals surface area contributed by atoms with Crippen molar-refractivity contribution in [3.05, 3.63) is 65.4 Å². The number of hydrogen-bond acceptors (Lipinski definition) is 4. The van der Waals surface area contributed by atoms with E-state index in [0.29, 0.717) is 23.2 Å². The van der Waals surface area contributed by atoms with E-state index in [1.54, 1.807) is 42.2 Å². The van der Waals surface area contributed by atoms with Crippen LogP contribution in [0.15, 0.2) is 48.7 Å². The molecule has 0 aliphatic carbocycles. The smallest absolute Gasteiger partial charge is 0.263 e. The van der Waals surface area contributed by atoms with Crippen molar-refractivity contribution in [2.45, 2.75) is 31.9 Å². The van der Waals surface area contributed by atoms with E-state index in [-0.39, 0.29) is 30.3 Å². The Bertz CT molecular complexity index is 1300. The number of aromatic nitrogens is 2. The third-order valence-electron chi connectivity index (χ3n) is 6.19. The van der Waals surface area contributed by atoms with Gasteiger partial charge in [0.15, 0.2) is 0 Å². The summed E-state index contributed by atoms with van der Waals surface area (Å²) in [5.41, 5.74) is 4.04. The van der Waals surface area contributed by atoms with E-state index < -0.39 is 18.4 Å². The number of alkyl halides is 2. The van der Waals surface area contributed by atoms with Crippen LogP contribution >= 0.6 is 0 Å². The van der Waals surface area contributed by atoms with Crippen molar-refractivity contribution in [3.8, 4) is 22.4 Å². The summed E-state index contributed by atoms with van der Waals surface area (Å²) in [6.07, 6.45) is -0.421. The topological polar surface area (TPSA) is 84.3 Å². The van der Waals surface area contributed by atoms with Gasteiger partial charge >= 0.3 is 0 Å². The predicted octanol–water partition coefficient (Wildman–Crippen LogP) is 3.45. The van der Waals surface area contributed by atoms with Crippen molar-refractivity contribution in [2.24, 2.45) is 7.05 Å². The Hall–Kier alpha value is -3.88. The molecule has 2 aliphatic heterocycles. The second-order valence-corrected chi connectivity index (χ2v) is 8.23. The van der Waals surface area contributed by atoms with Gasteiger partial charge in [0.1, 0.15) is 6.04 Å². The number of amides is 3. The van der Waals surface area contributed by atoms with Crippen LogP contribution in [0.25, 0.3) is 22.4 Å². The number of hydrogen-bond donors (Lipinski definition) is 1. The molecule has 1 saturated heterocycles. The average Bonchev–Trinajstić information content (AvgIpc) is 3.33. The molecule has 5 rings (SSSR count). The van der Waals surface area contributed by atoms with Crippen molar-refractivity contribution >= 4 is 17.7 Å². The number of benzene rings is 2. The third kappa shape index (κ3) is 3.59. The normalized spacial score (nSPS) is 18.1. The fourth-order valence-corrected chi connectivity index (χ4v) is 4.55. The quantitative estimate of drug-likeness (QED) is 0.617. The maximum Gasteiger partial charge on any atom is 0.263 e. The first kappa shape index (κ1) is 21.0. The molecule has 0 spiro atoms. The summed E-state index contributed by atoms with van der Waals surface area (Å²) in [5, 5.41) is 6.62. The molecule has 3 heterocycles. The highest BCUT2D eigenvalue weighted by atomic mass is 19.3. The molecule has 0 radical (unpaired) electrons. The molecule has 1 N–H and O–H groups in total. The Balaban J connectivity index is 1.49. The summed E-state index contributed by atoms with van der Waals surface area (Å²) in [4.78, 5) is 38.2. The van der Waals surface area contributed by atoms with Gasteiger partial charge in [-0.15, -0.1) is 0 Å². The first-order chi connectivity index (χ1) is 15.8. The van der Waals surface area contributed by atoms with Crippen LogP contribution in [0.3, 0.4) is 0 Å². The highest BCUT2D eigenvalue weighted by Crippen LogP contribution is 2.36. The molecule has 168 valence electrons. The van der Waals surface area contributed by atoms with E-state index in [1.807, 2.05) is 6.07 Å². The molecule has 7 nitrogen and oxygen atoms in total. The Morgan fingerprint density at radius 1 is 1.06 bits per heavy atom. The van der Waals surface area contributed by atoms with E-state index in [9.17, 15) is 23.2 Å². The SMILES string of the molecule is Cn1ncc(-c2ccc3c(c2)CN(C2CCC(=O)NC2=O)C3=O)c1-c1cccc(C(F)F)c1. The number of aryl methyl sites for hydroxylation is 1. The minimum absolute atomic E-state index is 0.0703. The number of piperidine rings is 1. The van der Waals surface area contributed by atoms with Crippen molar-refractivity contribution in [2.75, 3.05) is 0 Å². The highest BCUT2D eigenvalue weighted by molar-refractivity contribution is 6.05. The lowest BCUT2D eigenvalue weighted by Crippen LogP contribution is -2.52. The minimum Gasteiger partial charge on any atom is -0.322 e. The number of nitrogens with one attached hydrogen (secondary N) is 1. The molecule has 2 aromatic carbocycles. The molecule has 1 atom stereocenters. The van der Waals surface area contributed by atoms with Gasteiger partial charge in [-0.25, -0.2) is 8.78 Å². The van der Waals surface area contributed by atoms with Crippen molar-refractivity contribution in [1.82, 2.24) is 20.0 Å². The van der Waals surface area contributed by atoms with Crippen LogP contribution in [-0.4, -0.2) is 38.4 Å². The number of fused-ring (bicyclic) bond motifs is 1. The van der Waals surface area contributed by atoms with Gasteiger partial charge in [-0.05, 0) is 35.7 Å². The van der Waals surface area contributed by atoms with Crippen molar-refractivity contribution in [3.63, 3.8) is 0 Å². The molecule has 1 fully saturated rings. The summed E-state index contributed by atoms with van der Waals surface area (Å²) in [6, 6.07) is 10.9. The number of halogens is 2. The third-order valence-corrected chi connectivity index (χ3v) is 6.19. The second-order valence-electron chi connectivity index (χ2n) is 8.23. The molecule has 1 aromatic heterocycles. The number of carbonyl (C=O) groups is 3. The zero-order chi connectivity index (χ0) is 23.3. The van der Waals surface area contributed by atoms with E-state index >= 15 is 0 Å². The second kappa shape index (κ2) is 7.91. The van der Waals surface area contributed by atoms with Crippen LogP contribution in [0.5, 0.6) is 0 Å². The Morgan fingerprint density at radius 2 is 1.88 bits per heavy atom. The van der Waals surface area contributed by atoms with Crippen LogP contribution in [-0.2, 0) is 23.2 Å². The van der Waals surface area contributed by atoms with Crippen LogP contribution in [0.1, 0.15) is 40.8 Å². The van der Waals surface area contributed by atoms with Crippen molar-refractivity contribution in [1.29, 1.82) is 0 Å². The molecule has 0 bridgehead atoms. The molecule has 33 heavy (non-hydrogen) atoms. The van der Waals surface area contributed by atoms with E-state index in [2.05, 4.69) is 10.4 Å². The lowest BCUT2D eigenvalue weighted by molar-refractivity contribution is -0.136. The predicted molar refractivity (Wildman–Crippen MR) is 115 cm³/mol. The zero-order valence-electron chi connectivity index (χ0n) is 17.7. The van der Waals surface area contributed by atoms with Gasteiger partial charge in [0, 0.05) is 42.3 Å². The molecular formula is C24H20F2N4O3. The highest BCUT2D eigenvalue weighted by Gasteiger charge is 2.39. The van der Waals surface area contributed by atoms with Crippen LogP contribution in [0, 0.1) is 0 Å². The maximum absolute atomic E-state index is 13.2. The molecule has 3 aromatic rings. The van der Waals surface area contributed by atoms with Gasteiger partial charge in [0.25, 0.3) is 12.3 Å². The average molecular weight is 450 g/mol. The number of carbonyl (C=O) groups excluding carboxylic acids is 3. The summed E-state index contributed by atoms with van der Waals surface area (Å²) in [5.74, 6) is -1.04. The maximum atomic E-state index is 13.2. The monoisotopic (exact) mass is 450 g/mol. The lowest BCUT2D eigenvalue weighted by atomic mass is 9.97. The summed E-state index contributed by atoms with van der Waals surface area (Å²) in [6.45, 7) is 0.255. The molecule has 1 unspecified atom stereocenters. The molecule has 9 heteroatoms. The summed E-state index contributed by atoms with van der Waals surface area (Å²) in [7, 11) is 1.75. The van der Waals surface area contributed by atoms with Crippen LogP contribution < -0.4 is 5.32 Å².